The number of nitrogens with two attached hydrogens (primary N) is 1. The van der Waals surface area contributed by atoms with Crippen molar-refractivity contribution in [3.05, 3.63) is 34.6 Å². The third kappa shape index (κ3) is 2.38. The minimum atomic E-state index is -2.21. The van der Waals surface area contributed by atoms with Crippen LogP contribution >= 0.6 is 0 Å². The fourth-order valence-corrected chi connectivity index (χ4v) is 1.31. The van der Waals surface area contributed by atoms with Gasteiger partial charge in [0.2, 0.25) is 5.82 Å². The number of nitrogens with one attached hydrogen (secondary N) is 1. The summed E-state index contributed by atoms with van der Waals surface area (Å²) in [6.07, 6.45) is 0. The fourth-order valence-electron chi connectivity index (χ4n) is 1.31. The monoisotopic (exact) mass is 256 g/mol. The van der Waals surface area contributed by atoms with Crippen molar-refractivity contribution < 1.29 is 26.7 Å². The number of benzene rings is 1. The number of methoxy groups -OCH3 is 1. The number of halogens is 5. The van der Waals surface area contributed by atoms with E-state index in [1.165, 1.54) is 7.11 Å². The van der Waals surface area contributed by atoms with E-state index in [2.05, 4.69) is 4.74 Å². The van der Waals surface area contributed by atoms with Crippen molar-refractivity contribution in [3.8, 4) is 0 Å². The van der Waals surface area contributed by atoms with Crippen LogP contribution in [-0.2, 0) is 4.74 Å². The molecule has 96 valence electrons. The quantitative estimate of drug-likeness (QED) is 0.282. The highest BCUT2D eigenvalue weighted by atomic mass is 19.2. The smallest absolute Gasteiger partial charge is 0.200 e. The Hall–Kier alpha value is -1.25. The van der Waals surface area contributed by atoms with E-state index in [1.54, 1.807) is 0 Å². The molecule has 0 heterocycles. The standard InChI is InChI=1S/C9H9F5N2O/c1-17-2-3(16-15)4-5(10)7(12)9(14)8(13)6(4)11/h3,16H,2,15H2,1H3. The molecule has 0 spiro atoms. The lowest BCUT2D eigenvalue weighted by Gasteiger charge is -2.17. The van der Waals surface area contributed by atoms with E-state index in [9.17, 15) is 22.0 Å². The van der Waals surface area contributed by atoms with Crippen LogP contribution in [-0.4, -0.2) is 13.7 Å². The predicted octanol–water partition coefficient (Wildman–Crippen LogP) is 1.53. The number of hydrogen-bond donors (Lipinski definition) is 2. The fraction of sp³-hybridized carbons (Fsp3) is 0.333. The molecule has 0 saturated heterocycles. The van der Waals surface area contributed by atoms with Crippen molar-refractivity contribution in [2.24, 2.45) is 5.84 Å². The first-order valence-corrected chi connectivity index (χ1v) is 4.42. The van der Waals surface area contributed by atoms with Gasteiger partial charge < -0.3 is 4.74 Å². The summed E-state index contributed by atoms with van der Waals surface area (Å²) in [5.41, 5.74) is 0.864. The molecule has 0 amide bonds. The summed E-state index contributed by atoms with van der Waals surface area (Å²) in [7, 11) is 1.19. The maximum absolute atomic E-state index is 13.3. The summed E-state index contributed by atoms with van der Waals surface area (Å²) in [5.74, 6) is -5.14. The van der Waals surface area contributed by atoms with Gasteiger partial charge in [-0.15, -0.1) is 0 Å². The van der Waals surface area contributed by atoms with Crippen LogP contribution in [0.4, 0.5) is 22.0 Å². The third-order valence-corrected chi connectivity index (χ3v) is 2.13. The van der Waals surface area contributed by atoms with Crippen molar-refractivity contribution in [1.82, 2.24) is 5.43 Å². The normalized spacial score (nSPS) is 12.9. The molecule has 0 radical (unpaired) electrons. The highest BCUT2D eigenvalue weighted by Gasteiger charge is 2.29. The zero-order chi connectivity index (χ0) is 13.2. The lowest BCUT2D eigenvalue weighted by Crippen LogP contribution is -2.33. The Morgan fingerprint density at radius 1 is 1.00 bits per heavy atom. The topological polar surface area (TPSA) is 47.3 Å². The van der Waals surface area contributed by atoms with Gasteiger partial charge in [0.15, 0.2) is 23.3 Å². The molecule has 0 aromatic heterocycles. The summed E-state index contributed by atoms with van der Waals surface area (Å²) < 4.78 is 69.6. The SMILES string of the molecule is COCC(NN)c1c(F)c(F)c(F)c(F)c1F. The Balaban J connectivity index is 3.41. The van der Waals surface area contributed by atoms with E-state index in [1.807, 2.05) is 5.43 Å². The van der Waals surface area contributed by atoms with E-state index in [0.29, 0.717) is 0 Å². The van der Waals surface area contributed by atoms with Crippen molar-refractivity contribution in [2.45, 2.75) is 6.04 Å². The molecule has 0 saturated carbocycles. The van der Waals surface area contributed by atoms with E-state index >= 15 is 0 Å². The molecule has 3 nitrogen and oxygen atoms in total. The highest BCUT2D eigenvalue weighted by molar-refractivity contribution is 5.27. The first-order valence-electron chi connectivity index (χ1n) is 4.42. The Labute approximate surface area is 93.3 Å². The van der Waals surface area contributed by atoms with Crippen molar-refractivity contribution in [3.63, 3.8) is 0 Å². The predicted molar refractivity (Wildman–Crippen MR) is 48.2 cm³/mol. The van der Waals surface area contributed by atoms with Gasteiger partial charge in [-0.2, -0.15) is 0 Å². The second-order valence-electron chi connectivity index (χ2n) is 3.16. The van der Waals surface area contributed by atoms with Gasteiger partial charge >= 0.3 is 0 Å². The number of hydrogen-bond acceptors (Lipinski definition) is 3. The molecule has 1 unspecified atom stereocenters. The summed E-state index contributed by atoms with van der Waals surface area (Å²) in [4.78, 5) is 0. The zero-order valence-electron chi connectivity index (χ0n) is 8.66. The van der Waals surface area contributed by atoms with Gasteiger partial charge in [0, 0.05) is 7.11 Å². The number of hydrazine groups is 1. The van der Waals surface area contributed by atoms with Crippen LogP contribution in [0.3, 0.4) is 0 Å². The molecule has 3 N–H and O–H groups in total. The lowest BCUT2D eigenvalue weighted by molar-refractivity contribution is 0.162. The number of ether oxygens (including phenoxy) is 1. The third-order valence-electron chi connectivity index (χ3n) is 2.13. The summed E-state index contributed by atoms with van der Waals surface area (Å²) >= 11 is 0. The van der Waals surface area contributed by atoms with Crippen LogP contribution in [0.25, 0.3) is 0 Å². The average molecular weight is 256 g/mol. The summed E-state index contributed by atoms with van der Waals surface area (Å²) in [6.45, 7) is -0.352. The van der Waals surface area contributed by atoms with E-state index in [-0.39, 0.29) is 6.61 Å². The molecule has 1 aromatic rings. The van der Waals surface area contributed by atoms with Gasteiger partial charge in [0.1, 0.15) is 0 Å². The van der Waals surface area contributed by atoms with Crippen molar-refractivity contribution in [2.75, 3.05) is 13.7 Å². The highest BCUT2D eigenvalue weighted by Crippen LogP contribution is 2.27. The minimum Gasteiger partial charge on any atom is -0.383 e. The molecular weight excluding hydrogens is 247 g/mol. The number of rotatable bonds is 4. The van der Waals surface area contributed by atoms with Gasteiger partial charge in [-0.25, -0.2) is 22.0 Å². The molecule has 1 atom stereocenters. The van der Waals surface area contributed by atoms with Gasteiger partial charge in [-0.1, -0.05) is 0 Å². The van der Waals surface area contributed by atoms with Gasteiger partial charge in [0.05, 0.1) is 18.2 Å². The largest absolute Gasteiger partial charge is 0.383 e. The zero-order valence-corrected chi connectivity index (χ0v) is 8.66. The molecule has 0 aliphatic heterocycles. The maximum Gasteiger partial charge on any atom is 0.200 e. The van der Waals surface area contributed by atoms with Crippen LogP contribution < -0.4 is 11.3 Å². The van der Waals surface area contributed by atoms with Crippen LogP contribution in [0, 0.1) is 29.1 Å². The second-order valence-corrected chi connectivity index (χ2v) is 3.16. The van der Waals surface area contributed by atoms with Gasteiger partial charge in [-0.3, -0.25) is 11.3 Å². The van der Waals surface area contributed by atoms with E-state index in [0.717, 1.165) is 0 Å². The molecule has 1 rings (SSSR count). The molecule has 0 bridgehead atoms. The van der Waals surface area contributed by atoms with E-state index in [4.69, 9.17) is 5.84 Å². The minimum absolute atomic E-state index is 0.352. The van der Waals surface area contributed by atoms with Crippen molar-refractivity contribution in [1.29, 1.82) is 0 Å². The van der Waals surface area contributed by atoms with Gasteiger partial charge in [0.25, 0.3) is 0 Å². The summed E-state index contributed by atoms with van der Waals surface area (Å²) in [6, 6.07) is -1.34. The molecule has 0 aliphatic rings. The Kier molecular flexibility index (Phi) is 4.38. The first-order chi connectivity index (χ1) is 7.95. The van der Waals surface area contributed by atoms with Crippen LogP contribution in [0.15, 0.2) is 0 Å². The Morgan fingerprint density at radius 3 is 1.76 bits per heavy atom. The van der Waals surface area contributed by atoms with Crippen LogP contribution in [0.1, 0.15) is 11.6 Å². The molecule has 1 aromatic carbocycles. The van der Waals surface area contributed by atoms with Crippen molar-refractivity contribution >= 4 is 0 Å². The maximum atomic E-state index is 13.3. The molecule has 0 aliphatic carbocycles. The van der Waals surface area contributed by atoms with Crippen LogP contribution in [0.2, 0.25) is 0 Å². The lowest BCUT2D eigenvalue weighted by atomic mass is 10.1. The molecule has 0 fully saturated rings. The molecular formula is C9H9F5N2O. The Morgan fingerprint density at radius 2 is 1.41 bits per heavy atom. The first kappa shape index (κ1) is 13.8. The average Bonchev–Trinajstić information content (AvgIpc) is 2.33. The van der Waals surface area contributed by atoms with Crippen LogP contribution in [0.5, 0.6) is 0 Å². The Bertz CT molecular complexity index is 397. The second kappa shape index (κ2) is 5.39. The van der Waals surface area contributed by atoms with E-state index < -0.39 is 40.7 Å². The molecule has 8 heteroatoms. The summed E-state index contributed by atoms with van der Waals surface area (Å²) in [5, 5.41) is 0. The van der Waals surface area contributed by atoms with Gasteiger partial charge in [-0.05, 0) is 0 Å². The molecule has 17 heavy (non-hydrogen) atoms.